The zero-order chi connectivity index (χ0) is 15.9. The van der Waals surface area contributed by atoms with Crippen LogP contribution in [-0.2, 0) is 16.4 Å². The Morgan fingerprint density at radius 2 is 1.82 bits per heavy atom. The fourth-order valence-corrected chi connectivity index (χ4v) is 4.20. The standard InChI is InChI=1S/C16H14ClNO3S/c1-11(19)12-2-7-16-13(10-12)8-9-18(16)22(20,21)15-5-3-14(17)4-6-15/h2-7,10H,8-9H2,1H3. The zero-order valence-electron chi connectivity index (χ0n) is 11.9. The molecule has 1 aliphatic rings. The molecule has 0 aromatic heterocycles. The highest BCUT2D eigenvalue weighted by molar-refractivity contribution is 7.92. The molecule has 0 fully saturated rings. The normalized spacial score (nSPS) is 14.0. The van der Waals surface area contributed by atoms with Crippen LogP contribution in [0.4, 0.5) is 5.69 Å². The van der Waals surface area contributed by atoms with Gasteiger partial charge in [-0.1, -0.05) is 11.6 Å². The Morgan fingerprint density at radius 1 is 1.14 bits per heavy atom. The summed E-state index contributed by atoms with van der Waals surface area (Å²) in [6.07, 6.45) is 0.600. The second-order valence-electron chi connectivity index (χ2n) is 5.18. The lowest BCUT2D eigenvalue weighted by Crippen LogP contribution is -2.29. The number of hydrogen-bond donors (Lipinski definition) is 0. The van der Waals surface area contributed by atoms with E-state index in [4.69, 9.17) is 11.6 Å². The van der Waals surface area contributed by atoms with Gasteiger partial charge < -0.3 is 0 Å². The van der Waals surface area contributed by atoms with Gasteiger partial charge in [0.05, 0.1) is 10.6 Å². The molecule has 0 unspecified atom stereocenters. The maximum Gasteiger partial charge on any atom is 0.264 e. The van der Waals surface area contributed by atoms with Crippen molar-refractivity contribution in [3.8, 4) is 0 Å². The number of fused-ring (bicyclic) bond motifs is 1. The van der Waals surface area contributed by atoms with Gasteiger partial charge in [0, 0.05) is 17.1 Å². The molecule has 2 aromatic carbocycles. The molecular weight excluding hydrogens is 322 g/mol. The molecule has 0 aliphatic carbocycles. The number of hydrogen-bond acceptors (Lipinski definition) is 3. The highest BCUT2D eigenvalue weighted by atomic mass is 35.5. The smallest absolute Gasteiger partial charge is 0.264 e. The average molecular weight is 336 g/mol. The van der Waals surface area contributed by atoms with Crippen molar-refractivity contribution < 1.29 is 13.2 Å². The van der Waals surface area contributed by atoms with Crippen LogP contribution in [0.3, 0.4) is 0 Å². The predicted octanol–water partition coefficient (Wildman–Crippen LogP) is 3.29. The average Bonchev–Trinajstić information content (AvgIpc) is 2.91. The summed E-state index contributed by atoms with van der Waals surface area (Å²) in [4.78, 5) is 11.6. The summed E-state index contributed by atoms with van der Waals surface area (Å²) in [6.45, 7) is 1.88. The molecule has 0 amide bonds. The molecule has 0 saturated carbocycles. The molecule has 6 heteroatoms. The molecule has 0 spiro atoms. The highest BCUT2D eigenvalue weighted by Crippen LogP contribution is 2.33. The van der Waals surface area contributed by atoms with Gasteiger partial charge in [0.1, 0.15) is 0 Å². The first kappa shape index (κ1) is 15.1. The predicted molar refractivity (Wildman–Crippen MR) is 86.1 cm³/mol. The van der Waals surface area contributed by atoms with Gasteiger partial charge in [-0.3, -0.25) is 9.10 Å². The van der Waals surface area contributed by atoms with Crippen LogP contribution in [0.25, 0.3) is 0 Å². The fourth-order valence-electron chi connectivity index (χ4n) is 2.57. The van der Waals surface area contributed by atoms with Crippen LogP contribution in [0.2, 0.25) is 5.02 Å². The van der Waals surface area contributed by atoms with Crippen molar-refractivity contribution in [1.82, 2.24) is 0 Å². The summed E-state index contributed by atoms with van der Waals surface area (Å²) in [7, 11) is -3.61. The van der Waals surface area contributed by atoms with Crippen LogP contribution in [0.15, 0.2) is 47.4 Å². The van der Waals surface area contributed by atoms with Gasteiger partial charge in [-0.25, -0.2) is 8.42 Å². The number of carbonyl (C=O) groups is 1. The molecule has 3 rings (SSSR count). The Hall–Kier alpha value is -1.85. The third-order valence-electron chi connectivity index (χ3n) is 3.74. The zero-order valence-corrected chi connectivity index (χ0v) is 13.5. The van der Waals surface area contributed by atoms with E-state index in [1.165, 1.54) is 23.4 Å². The first-order valence-electron chi connectivity index (χ1n) is 6.82. The van der Waals surface area contributed by atoms with Crippen molar-refractivity contribution in [2.45, 2.75) is 18.2 Å². The van der Waals surface area contributed by atoms with Crippen LogP contribution in [-0.4, -0.2) is 20.7 Å². The van der Waals surface area contributed by atoms with Crippen LogP contribution >= 0.6 is 11.6 Å². The lowest BCUT2D eigenvalue weighted by atomic mass is 10.1. The monoisotopic (exact) mass is 335 g/mol. The van der Waals surface area contributed by atoms with Gasteiger partial charge in [-0.05, 0) is 61.4 Å². The third-order valence-corrected chi connectivity index (χ3v) is 5.82. The van der Waals surface area contributed by atoms with Gasteiger partial charge >= 0.3 is 0 Å². The summed E-state index contributed by atoms with van der Waals surface area (Å²) in [5.41, 5.74) is 2.12. The lowest BCUT2D eigenvalue weighted by molar-refractivity contribution is 0.101. The van der Waals surface area contributed by atoms with Gasteiger partial charge in [-0.15, -0.1) is 0 Å². The molecule has 0 N–H and O–H groups in total. The summed E-state index contributed by atoms with van der Waals surface area (Å²) in [5, 5.41) is 0.492. The third kappa shape index (κ3) is 2.51. The molecule has 114 valence electrons. The Bertz CT molecular complexity index is 844. The maximum absolute atomic E-state index is 12.7. The lowest BCUT2D eigenvalue weighted by Gasteiger charge is -2.19. The Morgan fingerprint density at radius 3 is 2.45 bits per heavy atom. The topological polar surface area (TPSA) is 54.5 Å². The van der Waals surface area contributed by atoms with Crippen LogP contribution < -0.4 is 4.31 Å². The Balaban J connectivity index is 2.02. The number of Topliss-reactive ketones (excluding diaryl/α,β-unsaturated/α-hetero) is 1. The van der Waals surface area contributed by atoms with Gasteiger partial charge in [0.25, 0.3) is 10.0 Å². The molecular formula is C16H14ClNO3S. The van der Waals surface area contributed by atoms with Crippen molar-refractivity contribution in [3.63, 3.8) is 0 Å². The van der Waals surface area contributed by atoms with E-state index in [1.807, 2.05) is 0 Å². The van der Waals surface area contributed by atoms with Gasteiger partial charge in [0.15, 0.2) is 5.78 Å². The van der Waals surface area contributed by atoms with E-state index in [2.05, 4.69) is 0 Å². The summed E-state index contributed by atoms with van der Waals surface area (Å²) in [5.74, 6) is -0.0261. The molecule has 0 bridgehead atoms. The number of ketones is 1. The van der Waals surface area contributed by atoms with Crippen molar-refractivity contribution in [3.05, 3.63) is 58.6 Å². The van der Waals surface area contributed by atoms with E-state index in [0.717, 1.165) is 5.56 Å². The van der Waals surface area contributed by atoms with E-state index >= 15 is 0 Å². The minimum Gasteiger partial charge on any atom is -0.295 e. The number of benzene rings is 2. The van der Waals surface area contributed by atoms with E-state index in [1.54, 1.807) is 30.3 Å². The van der Waals surface area contributed by atoms with Gasteiger partial charge in [-0.2, -0.15) is 0 Å². The number of carbonyl (C=O) groups excluding carboxylic acids is 1. The quantitative estimate of drug-likeness (QED) is 0.809. The number of nitrogens with zero attached hydrogens (tertiary/aromatic N) is 1. The molecule has 0 atom stereocenters. The van der Waals surface area contributed by atoms with Crippen molar-refractivity contribution in [2.75, 3.05) is 10.8 Å². The maximum atomic E-state index is 12.7. The van der Waals surface area contributed by atoms with E-state index in [0.29, 0.717) is 29.2 Å². The molecule has 2 aromatic rings. The molecule has 0 saturated heterocycles. The number of halogens is 1. The Labute approximate surface area is 134 Å². The number of anilines is 1. The fraction of sp³-hybridized carbons (Fsp3) is 0.188. The van der Waals surface area contributed by atoms with Gasteiger partial charge in [0.2, 0.25) is 0 Å². The van der Waals surface area contributed by atoms with Crippen LogP contribution in [0.5, 0.6) is 0 Å². The summed E-state index contributed by atoms with van der Waals surface area (Å²) >= 11 is 5.81. The van der Waals surface area contributed by atoms with Crippen LogP contribution in [0, 0.1) is 0 Å². The van der Waals surface area contributed by atoms with E-state index in [9.17, 15) is 13.2 Å². The summed E-state index contributed by atoms with van der Waals surface area (Å²) < 4.78 is 26.9. The first-order chi connectivity index (χ1) is 10.4. The van der Waals surface area contributed by atoms with Crippen LogP contribution in [0.1, 0.15) is 22.8 Å². The number of sulfonamides is 1. The Kier molecular flexibility index (Phi) is 3.70. The molecule has 22 heavy (non-hydrogen) atoms. The molecule has 0 radical (unpaired) electrons. The second kappa shape index (κ2) is 5.41. The minimum atomic E-state index is -3.61. The van der Waals surface area contributed by atoms with Crippen molar-refractivity contribution in [2.24, 2.45) is 0 Å². The SMILES string of the molecule is CC(=O)c1ccc2c(c1)CCN2S(=O)(=O)c1ccc(Cl)cc1. The van der Waals surface area contributed by atoms with Crippen molar-refractivity contribution in [1.29, 1.82) is 0 Å². The molecule has 1 aliphatic heterocycles. The van der Waals surface area contributed by atoms with E-state index in [-0.39, 0.29) is 10.7 Å². The van der Waals surface area contributed by atoms with Crippen molar-refractivity contribution >= 4 is 33.1 Å². The largest absolute Gasteiger partial charge is 0.295 e. The molecule has 1 heterocycles. The summed E-state index contributed by atoms with van der Waals surface area (Å²) in [6, 6.07) is 11.3. The van der Waals surface area contributed by atoms with E-state index < -0.39 is 10.0 Å². The second-order valence-corrected chi connectivity index (χ2v) is 7.48. The minimum absolute atomic E-state index is 0.0261. The first-order valence-corrected chi connectivity index (χ1v) is 8.63. The molecule has 4 nitrogen and oxygen atoms in total. The number of rotatable bonds is 3. The highest BCUT2D eigenvalue weighted by Gasteiger charge is 2.31.